The van der Waals surface area contributed by atoms with Crippen LogP contribution in [0.4, 0.5) is 17.6 Å². The second kappa shape index (κ2) is 8.51. The van der Waals surface area contributed by atoms with E-state index in [0.29, 0.717) is 54.4 Å². The van der Waals surface area contributed by atoms with E-state index in [2.05, 4.69) is 32.7 Å². The minimum Gasteiger partial charge on any atom is -0.472 e. The van der Waals surface area contributed by atoms with Crippen molar-refractivity contribution in [3.8, 4) is 5.88 Å². The molecule has 6 atom stereocenters. The molecule has 3 heterocycles. The molecule has 9 nitrogen and oxygen atoms in total. The maximum absolute atomic E-state index is 10.8. The molecule has 2 saturated carbocycles. The number of aliphatic hydroxyl groups is 1. The molecule has 1 aliphatic heterocycles. The highest BCUT2D eigenvalue weighted by Crippen LogP contribution is 2.47. The van der Waals surface area contributed by atoms with Crippen molar-refractivity contribution < 1.29 is 14.6 Å². The van der Waals surface area contributed by atoms with Crippen LogP contribution in [0.5, 0.6) is 5.88 Å². The lowest BCUT2D eigenvalue weighted by molar-refractivity contribution is -0.0502. The van der Waals surface area contributed by atoms with Crippen molar-refractivity contribution >= 4 is 17.6 Å². The Morgan fingerprint density at radius 3 is 2.84 bits per heavy atom. The van der Waals surface area contributed by atoms with Crippen molar-refractivity contribution in [1.82, 2.24) is 20.2 Å². The number of nitrogens with one attached hydrogen (secondary N) is 3. The van der Waals surface area contributed by atoms with Crippen LogP contribution < -0.4 is 15.4 Å². The average Bonchev–Trinajstić information content (AvgIpc) is 3.35. The van der Waals surface area contributed by atoms with Crippen LogP contribution in [0.2, 0.25) is 0 Å². The topological polar surface area (TPSA) is 117 Å². The first kappa shape index (κ1) is 21.5. The van der Waals surface area contributed by atoms with Gasteiger partial charge in [0.05, 0.1) is 18.8 Å². The predicted molar refractivity (Wildman–Crippen MR) is 121 cm³/mol. The van der Waals surface area contributed by atoms with Gasteiger partial charge in [-0.25, -0.2) is 0 Å². The number of fused-ring (bicyclic) bond motifs is 2. The van der Waals surface area contributed by atoms with Gasteiger partial charge in [-0.05, 0) is 57.3 Å². The van der Waals surface area contributed by atoms with Gasteiger partial charge in [-0.15, -0.1) is 0 Å². The molecule has 3 aliphatic rings. The molecule has 0 amide bonds. The Morgan fingerprint density at radius 2 is 2.09 bits per heavy atom. The SMILES string of the molecule is Cc1cc(Nc2cc(OC3CCOC3)nc(NC3C(C)CC4CC3CC(C)(O)C4)n2)n[nH]1. The van der Waals surface area contributed by atoms with E-state index in [1.165, 1.54) is 0 Å². The van der Waals surface area contributed by atoms with E-state index in [1.807, 2.05) is 19.9 Å². The summed E-state index contributed by atoms with van der Waals surface area (Å²) < 4.78 is 11.6. The van der Waals surface area contributed by atoms with E-state index in [4.69, 9.17) is 14.5 Å². The van der Waals surface area contributed by atoms with Crippen molar-refractivity contribution in [2.45, 2.75) is 70.6 Å². The predicted octanol–water partition coefficient (Wildman–Crippen LogP) is 3.41. The highest BCUT2D eigenvalue weighted by molar-refractivity contribution is 5.55. The monoisotopic (exact) mass is 442 g/mol. The van der Waals surface area contributed by atoms with Gasteiger partial charge >= 0.3 is 0 Å². The van der Waals surface area contributed by atoms with Gasteiger partial charge in [0.2, 0.25) is 11.8 Å². The van der Waals surface area contributed by atoms with Crippen LogP contribution in [0.25, 0.3) is 0 Å². The molecule has 3 fully saturated rings. The van der Waals surface area contributed by atoms with Crippen LogP contribution in [0.3, 0.4) is 0 Å². The Hall–Kier alpha value is -2.39. The van der Waals surface area contributed by atoms with Gasteiger partial charge in [0.15, 0.2) is 5.82 Å². The molecule has 4 N–H and O–H groups in total. The van der Waals surface area contributed by atoms with Crippen LogP contribution >= 0.6 is 0 Å². The quantitative estimate of drug-likeness (QED) is 0.538. The highest BCUT2D eigenvalue weighted by atomic mass is 16.5. The van der Waals surface area contributed by atoms with Crippen molar-refractivity contribution in [1.29, 1.82) is 0 Å². The second-order valence-corrected chi connectivity index (χ2v) is 10.2. The molecule has 0 spiro atoms. The number of aryl methyl sites for hydroxylation is 1. The van der Waals surface area contributed by atoms with Crippen LogP contribution in [0.1, 0.15) is 51.6 Å². The number of H-pyrrole nitrogens is 1. The van der Waals surface area contributed by atoms with Gasteiger partial charge in [0.25, 0.3) is 0 Å². The van der Waals surface area contributed by atoms with Crippen LogP contribution in [0.15, 0.2) is 12.1 Å². The molecule has 6 unspecified atom stereocenters. The molecule has 2 aromatic rings. The zero-order valence-electron chi connectivity index (χ0n) is 19.1. The number of ether oxygens (including phenoxy) is 2. The first-order valence-corrected chi connectivity index (χ1v) is 11.7. The van der Waals surface area contributed by atoms with Gasteiger partial charge in [-0.3, -0.25) is 5.10 Å². The fraction of sp³-hybridized carbons (Fsp3) is 0.696. The zero-order valence-corrected chi connectivity index (χ0v) is 19.1. The van der Waals surface area contributed by atoms with Gasteiger partial charge in [0, 0.05) is 30.3 Å². The van der Waals surface area contributed by atoms with E-state index in [9.17, 15) is 5.11 Å². The smallest absolute Gasteiger partial charge is 0.228 e. The summed E-state index contributed by atoms with van der Waals surface area (Å²) in [4.78, 5) is 9.41. The lowest BCUT2D eigenvalue weighted by Crippen LogP contribution is -2.50. The molecule has 2 aliphatic carbocycles. The summed E-state index contributed by atoms with van der Waals surface area (Å²) in [5.74, 6) is 3.85. The Balaban J connectivity index is 1.39. The van der Waals surface area contributed by atoms with Gasteiger partial charge in [-0.2, -0.15) is 15.1 Å². The minimum absolute atomic E-state index is 0.000955. The maximum Gasteiger partial charge on any atom is 0.228 e. The Bertz CT molecular complexity index is 940. The molecule has 2 aromatic heterocycles. The summed E-state index contributed by atoms with van der Waals surface area (Å²) in [7, 11) is 0. The van der Waals surface area contributed by atoms with Gasteiger partial charge in [0.1, 0.15) is 11.9 Å². The standard InChI is InChI=1S/C23H34N6O3/c1-13-6-15-8-16(11-23(3,30)10-15)21(13)27-22-25-18(24-19-7-14(2)28-29-19)9-20(26-22)32-17-4-5-31-12-17/h7,9,13,15-17,21,30H,4-6,8,10-12H2,1-3H3,(H3,24,25,26,27,28,29). The summed E-state index contributed by atoms with van der Waals surface area (Å²) in [6.07, 6.45) is 4.82. The lowest BCUT2D eigenvalue weighted by Gasteiger charge is -2.49. The lowest BCUT2D eigenvalue weighted by atomic mass is 9.61. The van der Waals surface area contributed by atoms with Gasteiger partial charge in [-0.1, -0.05) is 6.92 Å². The molecule has 1 saturated heterocycles. The van der Waals surface area contributed by atoms with Crippen molar-refractivity contribution in [3.63, 3.8) is 0 Å². The third kappa shape index (κ3) is 4.83. The molecule has 0 radical (unpaired) electrons. The van der Waals surface area contributed by atoms with E-state index in [-0.39, 0.29) is 12.1 Å². The second-order valence-electron chi connectivity index (χ2n) is 10.2. The first-order chi connectivity index (χ1) is 15.3. The number of rotatable bonds is 6. The zero-order chi connectivity index (χ0) is 22.3. The summed E-state index contributed by atoms with van der Waals surface area (Å²) in [5.41, 5.74) is 0.376. The Morgan fingerprint density at radius 1 is 1.22 bits per heavy atom. The van der Waals surface area contributed by atoms with E-state index < -0.39 is 5.60 Å². The molecular formula is C23H34N6O3. The van der Waals surface area contributed by atoms with Crippen molar-refractivity contribution in [2.24, 2.45) is 17.8 Å². The molecule has 2 bridgehead atoms. The molecule has 174 valence electrons. The number of anilines is 3. The Labute approximate surface area is 188 Å². The fourth-order valence-electron chi connectivity index (χ4n) is 5.87. The fourth-order valence-corrected chi connectivity index (χ4v) is 5.87. The normalized spacial score (nSPS) is 34.3. The molecule has 0 aromatic carbocycles. The number of aromatic amines is 1. The first-order valence-electron chi connectivity index (χ1n) is 11.7. The summed E-state index contributed by atoms with van der Waals surface area (Å²) >= 11 is 0. The largest absolute Gasteiger partial charge is 0.472 e. The third-order valence-corrected chi connectivity index (χ3v) is 7.03. The number of hydrogen-bond donors (Lipinski definition) is 4. The van der Waals surface area contributed by atoms with E-state index >= 15 is 0 Å². The molecule has 32 heavy (non-hydrogen) atoms. The summed E-state index contributed by atoms with van der Waals surface area (Å²) in [6, 6.07) is 3.94. The van der Waals surface area contributed by atoms with E-state index in [1.54, 1.807) is 6.07 Å². The minimum atomic E-state index is -0.591. The van der Waals surface area contributed by atoms with Gasteiger partial charge < -0.3 is 25.2 Å². The van der Waals surface area contributed by atoms with E-state index in [0.717, 1.165) is 37.8 Å². The number of hydrogen-bond acceptors (Lipinski definition) is 8. The van der Waals surface area contributed by atoms with Crippen molar-refractivity contribution in [2.75, 3.05) is 23.8 Å². The number of nitrogens with zero attached hydrogens (tertiary/aromatic N) is 3. The Kier molecular flexibility index (Phi) is 5.71. The highest BCUT2D eigenvalue weighted by Gasteiger charge is 2.45. The van der Waals surface area contributed by atoms with Crippen LogP contribution in [-0.4, -0.2) is 56.2 Å². The summed E-state index contributed by atoms with van der Waals surface area (Å²) in [6.45, 7) is 7.50. The number of aromatic nitrogens is 4. The maximum atomic E-state index is 10.8. The van der Waals surface area contributed by atoms with Crippen LogP contribution in [-0.2, 0) is 4.74 Å². The molecule has 9 heteroatoms. The average molecular weight is 443 g/mol. The summed E-state index contributed by atoms with van der Waals surface area (Å²) in [5, 5.41) is 24.8. The van der Waals surface area contributed by atoms with Crippen molar-refractivity contribution in [3.05, 3.63) is 17.8 Å². The molecule has 5 rings (SSSR count). The van der Waals surface area contributed by atoms with Crippen LogP contribution in [0, 0.1) is 24.7 Å². The third-order valence-electron chi connectivity index (χ3n) is 7.03. The molecular weight excluding hydrogens is 408 g/mol.